The Balaban J connectivity index is 1.64. The summed E-state index contributed by atoms with van der Waals surface area (Å²) in [7, 11) is 0. The Morgan fingerprint density at radius 3 is 2.58 bits per heavy atom. The molecule has 1 aromatic carbocycles. The first kappa shape index (κ1) is 14.0. The van der Waals surface area contributed by atoms with Crippen LogP contribution < -0.4 is 10.6 Å². The van der Waals surface area contributed by atoms with Gasteiger partial charge in [-0.05, 0) is 31.9 Å². The molecular weight excluding hydrogens is 240 g/mol. The van der Waals surface area contributed by atoms with Crippen LogP contribution in [0.4, 0.5) is 0 Å². The SMILES string of the molecule is Cc1ccc(C(=O)NCCNC2CCOCC2)cc1. The van der Waals surface area contributed by atoms with Crippen LogP contribution in [-0.4, -0.2) is 38.3 Å². The summed E-state index contributed by atoms with van der Waals surface area (Å²) in [5, 5.41) is 6.37. The largest absolute Gasteiger partial charge is 0.381 e. The van der Waals surface area contributed by atoms with E-state index in [1.54, 1.807) is 0 Å². The zero-order valence-electron chi connectivity index (χ0n) is 11.4. The molecular formula is C15H22N2O2. The highest BCUT2D eigenvalue weighted by molar-refractivity contribution is 5.94. The molecule has 1 aliphatic heterocycles. The van der Waals surface area contributed by atoms with Crippen LogP contribution >= 0.6 is 0 Å². The third kappa shape index (κ3) is 4.65. The molecule has 1 heterocycles. The first-order valence-corrected chi connectivity index (χ1v) is 6.92. The van der Waals surface area contributed by atoms with Crippen molar-refractivity contribution in [3.8, 4) is 0 Å². The average Bonchev–Trinajstić information content (AvgIpc) is 2.45. The maximum Gasteiger partial charge on any atom is 0.251 e. The maximum absolute atomic E-state index is 11.8. The van der Waals surface area contributed by atoms with Gasteiger partial charge < -0.3 is 15.4 Å². The summed E-state index contributed by atoms with van der Waals surface area (Å²) in [6, 6.07) is 8.15. The van der Waals surface area contributed by atoms with E-state index in [9.17, 15) is 4.79 Å². The minimum Gasteiger partial charge on any atom is -0.381 e. The second kappa shape index (κ2) is 7.26. The zero-order chi connectivity index (χ0) is 13.5. The van der Waals surface area contributed by atoms with E-state index in [1.165, 1.54) is 0 Å². The summed E-state index contributed by atoms with van der Waals surface area (Å²) in [5.41, 5.74) is 1.88. The van der Waals surface area contributed by atoms with Gasteiger partial charge in [-0.15, -0.1) is 0 Å². The molecule has 104 valence electrons. The van der Waals surface area contributed by atoms with Crippen molar-refractivity contribution in [1.82, 2.24) is 10.6 Å². The molecule has 1 aliphatic rings. The number of ether oxygens (including phenoxy) is 1. The van der Waals surface area contributed by atoms with E-state index < -0.39 is 0 Å². The lowest BCUT2D eigenvalue weighted by Gasteiger charge is -2.23. The van der Waals surface area contributed by atoms with Gasteiger partial charge in [0, 0.05) is 37.9 Å². The molecule has 19 heavy (non-hydrogen) atoms. The Morgan fingerprint density at radius 1 is 1.21 bits per heavy atom. The third-order valence-electron chi connectivity index (χ3n) is 3.38. The Hall–Kier alpha value is -1.39. The second-order valence-corrected chi connectivity index (χ2v) is 4.96. The fourth-order valence-electron chi connectivity index (χ4n) is 2.16. The monoisotopic (exact) mass is 262 g/mol. The first-order chi connectivity index (χ1) is 9.25. The minimum atomic E-state index is -0.00576. The van der Waals surface area contributed by atoms with Crippen molar-refractivity contribution in [3.63, 3.8) is 0 Å². The smallest absolute Gasteiger partial charge is 0.251 e. The molecule has 0 unspecified atom stereocenters. The van der Waals surface area contributed by atoms with E-state index in [1.807, 2.05) is 31.2 Å². The third-order valence-corrected chi connectivity index (χ3v) is 3.38. The van der Waals surface area contributed by atoms with Gasteiger partial charge in [0.2, 0.25) is 0 Å². The molecule has 2 N–H and O–H groups in total. The summed E-state index contributed by atoms with van der Waals surface area (Å²) < 4.78 is 5.30. The van der Waals surface area contributed by atoms with Gasteiger partial charge in [-0.1, -0.05) is 17.7 Å². The van der Waals surface area contributed by atoms with Crippen molar-refractivity contribution in [1.29, 1.82) is 0 Å². The molecule has 4 nitrogen and oxygen atoms in total. The fraction of sp³-hybridized carbons (Fsp3) is 0.533. The topological polar surface area (TPSA) is 50.4 Å². The number of nitrogens with one attached hydrogen (secondary N) is 2. The van der Waals surface area contributed by atoms with Crippen LogP contribution in [0.5, 0.6) is 0 Å². The van der Waals surface area contributed by atoms with Crippen LogP contribution in [0.15, 0.2) is 24.3 Å². The highest BCUT2D eigenvalue weighted by atomic mass is 16.5. The first-order valence-electron chi connectivity index (χ1n) is 6.92. The van der Waals surface area contributed by atoms with Crippen molar-refractivity contribution in [3.05, 3.63) is 35.4 Å². The summed E-state index contributed by atoms with van der Waals surface area (Å²) in [4.78, 5) is 11.8. The molecule has 1 fully saturated rings. The van der Waals surface area contributed by atoms with E-state index in [-0.39, 0.29) is 5.91 Å². The lowest BCUT2D eigenvalue weighted by atomic mass is 10.1. The molecule has 4 heteroatoms. The lowest BCUT2D eigenvalue weighted by molar-refractivity contribution is 0.0778. The Morgan fingerprint density at radius 2 is 1.89 bits per heavy atom. The highest BCUT2D eigenvalue weighted by Gasteiger charge is 2.12. The zero-order valence-corrected chi connectivity index (χ0v) is 11.4. The number of carbonyl (C=O) groups is 1. The molecule has 0 atom stereocenters. The van der Waals surface area contributed by atoms with Crippen LogP contribution in [0.2, 0.25) is 0 Å². The van der Waals surface area contributed by atoms with Crippen molar-refractivity contribution in [2.45, 2.75) is 25.8 Å². The van der Waals surface area contributed by atoms with E-state index in [0.717, 1.165) is 43.7 Å². The van der Waals surface area contributed by atoms with Crippen LogP contribution in [-0.2, 0) is 4.74 Å². The Bertz CT molecular complexity index is 397. The second-order valence-electron chi connectivity index (χ2n) is 4.96. The van der Waals surface area contributed by atoms with Crippen LogP contribution in [0.1, 0.15) is 28.8 Å². The van der Waals surface area contributed by atoms with Crippen molar-refractivity contribution in [2.24, 2.45) is 0 Å². The molecule has 2 rings (SSSR count). The van der Waals surface area contributed by atoms with Gasteiger partial charge in [0.05, 0.1) is 0 Å². The van der Waals surface area contributed by atoms with Crippen LogP contribution in [0.3, 0.4) is 0 Å². The van der Waals surface area contributed by atoms with Gasteiger partial charge in [0.25, 0.3) is 5.91 Å². The standard InChI is InChI=1S/C15H22N2O2/c1-12-2-4-13(5-3-12)15(18)17-9-8-16-14-6-10-19-11-7-14/h2-5,14,16H,6-11H2,1H3,(H,17,18). The molecule has 0 radical (unpaired) electrons. The van der Waals surface area contributed by atoms with Crippen LogP contribution in [0, 0.1) is 6.92 Å². The summed E-state index contributed by atoms with van der Waals surface area (Å²) in [6.45, 7) is 5.16. The van der Waals surface area contributed by atoms with Crippen molar-refractivity contribution >= 4 is 5.91 Å². The molecule has 1 saturated heterocycles. The van der Waals surface area contributed by atoms with Crippen molar-refractivity contribution < 1.29 is 9.53 Å². The Kier molecular flexibility index (Phi) is 5.36. The molecule has 0 aliphatic carbocycles. The van der Waals surface area contributed by atoms with Gasteiger partial charge in [-0.2, -0.15) is 0 Å². The maximum atomic E-state index is 11.8. The van der Waals surface area contributed by atoms with Gasteiger partial charge in [0.15, 0.2) is 0 Å². The van der Waals surface area contributed by atoms with E-state index in [0.29, 0.717) is 12.6 Å². The number of rotatable bonds is 5. The van der Waals surface area contributed by atoms with E-state index in [2.05, 4.69) is 10.6 Å². The quantitative estimate of drug-likeness (QED) is 0.791. The van der Waals surface area contributed by atoms with Crippen molar-refractivity contribution in [2.75, 3.05) is 26.3 Å². The van der Waals surface area contributed by atoms with Gasteiger partial charge in [0.1, 0.15) is 0 Å². The van der Waals surface area contributed by atoms with Crippen LogP contribution in [0.25, 0.3) is 0 Å². The number of aryl methyl sites for hydroxylation is 1. The van der Waals surface area contributed by atoms with E-state index >= 15 is 0 Å². The summed E-state index contributed by atoms with van der Waals surface area (Å²) in [6.07, 6.45) is 2.12. The lowest BCUT2D eigenvalue weighted by Crippen LogP contribution is -2.39. The number of hydrogen-bond acceptors (Lipinski definition) is 3. The van der Waals surface area contributed by atoms with Gasteiger partial charge >= 0.3 is 0 Å². The molecule has 0 aromatic heterocycles. The Labute approximate surface area is 114 Å². The number of hydrogen-bond donors (Lipinski definition) is 2. The molecule has 0 bridgehead atoms. The van der Waals surface area contributed by atoms with Gasteiger partial charge in [-0.25, -0.2) is 0 Å². The number of benzene rings is 1. The average molecular weight is 262 g/mol. The highest BCUT2D eigenvalue weighted by Crippen LogP contribution is 2.05. The molecule has 1 aromatic rings. The molecule has 0 saturated carbocycles. The van der Waals surface area contributed by atoms with E-state index in [4.69, 9.17) is 4.74 Å². The molecule has 1 amide bonds. The predicted octanol–water partition coefficient (Wildman–Crippen LogP) is 1.49. The number of carbonyl (C=O) groups excluding carboxylic acids is 1. The molecule has 0 spiro atoms. The number of amides is 1. The summed E-state index contributed by atoms with van der Waals surface area (Å²) in [5.74, 6) is -0.00576. The fourth-order valence-corrected chi connectivity index (χ4v) is 2.16. The summed E-state index contributed by atoms with van der Waals surface area (Å²) >= 11 is 0. The van der Waals surface area contributed by atoms with Gasteiger partial charge in [-0.3, -0.25) is 4.79 Å². The normalized spacial score (nSPS) is 16.3. The minimum absolute atomic E-state index is 0.00576. The predicted molar refractivity (Wildman–Crippen MR) is 75.4 cm³/mol.